The van der Waals surface area contributed by atoms with Crippen molar-refractivity contribution in [3.63, 3.8) is 0 Å². The van der Waals surface area contributed by atoms with Gasteiger partial charge in [-0.2, -0.15) is 4.36 Å². The standard InChI is InChI=1S/C30H45NO5SSi/c1-10-35-30(32)23(8)28-19-37(33,26-14-12-11-13-15-26)31-29-24(16-25(34-9)17-27(28)29)18-36-38(20(2)3,21(4)5)22(6)7/h11-17,20-23,28H,10,18-19H2,1-9H3/t23?,28-,37-/m0/s1. The number of hydrogen-bond acceptors (Lipinski definition) is 6. The topological polar surface area (TPSA) is 74.2 Å². The van der Waals surface area contributed by atoms with Crippen LogP contribution in [0.15, 0.2) is 51.7 Å². The van der Waals surface area contributed by atoms with E-state index < -0.39 is 24.0 Å². The van der Waals surface area contributed by atoms with Crippen molar-refractivity contribution in [2.24, 2.45) is 10.3 Å². The van der Waals surface area contributed by atoms with Crippen molar-refractivity contribution in [1.82, 2.24) is 0 Å². The van der Waals surface area contributed by atoms with Gasteiger partial charge in [0.1, 0.15) is 5.75 Å². The number of rotatable bonds is 11. The van der Waals surface area contributed by atoms with E-state index in [1.165, 1.54) is 0 Å². The Morgan fingerprint density at radius 2 is 1.63 bits per heavy atom. The Hall–Kier alpha value is -2.16. The van der Waals surface area contributed by atoms with Gasteiger partial charge in [-0.05, 0) is 53.4 Å². The Balaban J connectivity index is 2.23. The third-order valence-corrected chi connectivity index (χ3v) is 16.4. The number of fused-ring (bicyclic) bond motifs is 1. The molecule has 38 heavy (non-hydrogen) atoms. The van der Waals surface area contributed by atoms with Gasteiger partial charge in [0, 0.05) is 22.1 Å². The van der Waals surface area contributed by atoms with Crippen LogP contribution < -0.4 is 4.74 Å². The fraction of sp³-hybridized carbons (Fsp3) is 0.567. The lowest BCUT2D eigenvalue weighted by molar-refractivity contribution is -0.148. The number of esters is 1. The first-order chi connectivity index (χ1) is 17.9. The van der Waals surface area contributed by atoms with E-state index >= 15 is 0 Å². The Morgan fingerprint density at radius 3 is 2.16 bits per heavy atom. The lowest BCUT2D eigenvalue weighted by Crippen LogP contribution is -2.47. The van der Waals surface area contributed by atoms with Gasteiger partial charge in [0.25, 0.3) is 0 Å². The van der Waals surface area contributed by atoms with E-state index in [0.29, 0.717) is 46.2 Å². The lowest BCUT2D eigenvalue weighted by Gasteiger charge is -2.42. The highest BCUT2D eigenvalue weighted by molar-refractivity contribution is 7.93. The van der Waals surface area contributed by atoms with E-state index in [1.54, 1.807) is 14.0 Å². The maximum atomic E-state index is 14.5. The average Bonchev–Trinajstić information content (AvgIpc) is 2.88. The van der Waals surface area contributed by atoms with Crippen LogP contribution >= 0.6 is 0 Å². The molecule has 210 valence electrons. The second-order valence-corrected chi connectivity index (χ2v) is 18.9. The third kappa shape index (κ3) is 5.87. The molecule has 0 N–H and O–H groups in total. The molecule has 0 spiro atoms. The number of nitrogens with zero attached hydrogens (tertiary/aromatic N) is 1. The van der Waals surface area contributed by atoms with Gasteiger partial charge in [-0.15, -0.1) is 0 Å². The van der Waals surface area contributed by atoms with Crippen molar-refractivity contribution in [3.05, 3.63) is 53.6 Å². The molecule has 6 nitrogen and oxygen atoms in total. The van der Waals surface area contributed by atoms with Crippen molar-refractivity contribution in [1.29, 1.82) is 0 Å². The Labute approximate surface area is 230 Å². The van der Waals surface area contributed by atoms with Gasteiger partial charge >= 0.3 is 5.97 Å². The Bertz CT molecular complexity index is 1210. The number of ether oxygens (including phenoxy) is 2. The van der Waals surface area contributed by atoms with Gasteiger partial charge in [0.15, 0.2) is 0 Å². The summed E-state index contributed by atoms with van der Waals surface area (Å²) in [5.74, 6) is -0.222. The zero-order valence-corrected chi connectivity index (χ0v) is 26.3. The zero-order chi connectivity index (χ0) is 28.3. The Kier molecular flexibility index (Phi) is 9.87. The highest BCUT2D eigenvalue weighted by Gasteiger charge is 2.45. The molecule has 8 heteroatoms. The Morgan fingerprint density at radius 1 is 1.03 bits per heavy atom. The summed E-state index contributed by atoms with van der Waals surface area (Å²) in [6, 6.07) is 13.3. The maximum absolute atomic E-state index is 14.5. The van der Waals surface area contributed by atoms with Crippen LogP contribution in [0.4, 0.5) is 5.69 Å². The highest BCUT2D eigenvalue weighted by atomic mass is 32.2. The summed E-state index contributed by atoms with van der Waals surface area (Å²) < 4.78 is 37.5. The molecule has 0 fully saturated rings. The van der Waals surface area contributed by atoms with Crippen LogP contribution in [0.1, 0.15) is 72.4 Å². The van der Waals surface area contributed by atoms with Crippen LogP contribution in [0, 0.1) is 5.92 Å². The SMILES string of the molecule is CCOC(=O)C(C)[C@@H]1C[S@](=O)(c2ccccc2)=Nc2c(CO[Si](C(C)C)(C(C)C)C(C)C)cc(OC)cc21. The van der Waals surface area contributed by atoms with Crippen LogP contribution in [0.5, 0.6) is 5.75 Å². The second kappa shape index (κ2) is 12.3. The smallest absolute Gasteiger partial charge is 0.309 e. The molecule has 0 saturated carbocycles. The predicted octanol–water partition coefficient (Wildman–Crippen LogP) is 7.84. The molecule has 1 heterocycles. The highest BCUT2D eigenvalue weighted by Crippen LogP contribution is 2.47. The summed E-state index contributed by atoms with van der Waals surface area (Å²) in [6.07, 6.45) is 0. The van der Waals surface area contributed by atoms with Crippen molar-refractivity contribution in [2.45, 2.75) is 89.4 Å². The summed E-state index contributed by atoms with van der Waals surface area (Å²) >= 11 is 0. The summed E-state index contributed by atoms with van der Waals surface area (Å²) in [6.45, 7) is 17.9. The molecular weight excluding hydrogens is 514 g/mol. The first kappa shape index (κ1) is 30.4. The van der Waals surface area contributed by atoms with Crippen LogP contribution in [-0.2, 0) is 30.3 Å². The molecule has 0 aromatic heterocycles. The zero-order valence-electron chi connectivity index (χ0n) is 24.4. The monoisotopic (exact) mass is 559 g/mol. The van der Waals surface area contributed by atoms with Crippen LogP contribution in [0.3, 0.4) is 0 Å². The maximum Gasteiger partial charge on any atom is 0.309 e. The summed E-state index contributed by atoms with van der Waals surface area (Å²) in [4.78, 5) is 13.6. The minimum atomic E-state index is -2.84. The largest absolute Gasteiger partial charge is 0.497 e. The molecule has 3 atom stereocenters. The third-order valence-electron chi connectivity index (χ3n) is 8.03. The van der Waals surface area contributed by atoms with Gasteiger partial charge < -0.3 is 13.9 Å². The van der Waals surface area contributed by atoms with E-state index in [4.69, 9.17) is 18.3 Å². The van der Waals surface area contributed by atoms with Crippen molar-refractivity contribution in [3.8, 4) is 5.75 Å². The van der Waals surface area contributed by atoms with Gasteiger partial charge in [-0.25, -0.2) is 4.21 Å². The molecule has 0 aliphatic carbocycles. The van der Waals surface area contributed by atoms with Gasteiger partial charge in [0.05, 0.1) is 41.7 Å². The summed E-state index contributed by atoms with van der Waals surface area (Å²) in [7, 11) is -3.38. The average molecular weight is 560 g/mol. The number of hydrogen-bond donors (Lipinski definition) is 0. The fourth-order valence-electron chi connectivity index (χ4n) is 6.16. The molecule has 1 aliphatic heterocycles. The molecule has 0 radical (unpaired) electrons. The first-order valence-corrected chi connectivity index (χ1v) is 17.5. The van der Waals surface area contributed by atoms with Crippen LogP contribution in [-0.4, -0.2) is 38.0 Å². The second-order valence-electron chi connectivity index (χ2n) is 11.2. The first-order valence-electron chi connectivity index (χ1n) is 13.7. The van der Waals surface area contributed by atoms with E-state index in [1.807, 2.05) is 49.4 Å². The van der Waals surface area contributed by atoms with Gasteiger partial charge in [-0.3, -0.25) is 4.79 Å². The summed E-state index contributed by atoms with van der Waals surface area (Å²) in [5.41, 5.74) is 3.64. The molecule has 0 amide bonds. The minimum Gasteiger partial charge on any atom is -0.497 e. The van der Waals surface area contributed by atoms with Gasteiger partial charge in [-0.1, -0.05) is 66.7 Å². The van der Waals surface area contributed by atoms with Crippen molar-refractivity contribution < 1.29 is 22.9 Å². The molecule has 3 rings (SSSR count). The number of carbonyl (C=O) groups excluding carboxylic acids is 1. The van der Waals surface area contributed by atoms with E-state index in [0.717, 1.165) is 11.1 Å². The van der Waals surface area contributed by atoms with Crippen LogP contribution in [0.25, 0.3) is 0 Å². The molecule has 2 aromatic rings. The molecule has 2 aromatic carbocycles. The van der Waals surface area contributed by atoms with Crippen LogP contribution in [0.2, 0.25) is 16.6 Å². The normalized spacial score (nSPS) is 20.3. The summed E-state index contributed by atoms with van der Waals surface area (Å²) in [5, 5.41) is 0. The van der Waals surface area contributed by atoms with Crippen molar-refractivity contribution >= 4 is 29.7 Å². The molecular formula is C30H45NO5SSi. The molecule has 1 unspecified atom stereocenters. The molecule has 0 saturated heterocycles. The van der Waals surface area contributed by atoms with E-state index in [2.05, 4.69) is 41.5 Å². The fourth-order valence-corrected chi connectivity index (χ4v) is 14.0. The van der Waals surface area contributed by atoms with E-state index in [9.17, 15) is 9.00 Å². The van der Waals surface area contributed by atoms with Gasteiger partial charge in [0.2, 0.25) is 8.32 Å². The molecule has 1 aliphatic rings. The number of methoxy groups -OCH3 is 1. The number of carbonyl (C=O) groups is 1. The quantitative estimate of drug-likeness (QED) is 0.207. The lowest BCUT2D eigenvalue weighted by atomic mass is 9.86. The predicted molar refractivity (Wildman–Crippen MR) is 157 cm³/mol. The minimum absolute atomic E-state index is 0.236. The number of benzene rings is 2. The van der Waals surface area contributed by atoms with Crippen molar-refractivity contribution in [2.75, 3.05) is 19.5 Å². The molecule has 0 bridgehead atoms. The van der Waals surface area contributed by atoms with E-state index in [-0.39, 0.29) is 17.6 Å².